The number of benzene rings is 1. The molecular weight excluding hydrogens is 348 g/mol. The Kier molecular flexibility index (Phi) is 3.96. The molecule has 1 atom stereocenters. The Balaban J connectivity index is 1.99. The lowest BCUT2D eigenvalue weighted by Gasteiger charge is -2.16. The third kappa shape index (κ3) is 2.59. The van der Waals surface area contributed by atoms with Gasteiger partial charge in [0.25, 0.3) is 5.56 Å². The number of nitrogens with zero attached hydrogens (tertiary/aromatic N) is 2. The van der Waals surface area contributed by atoms with E-state index >= 15 is 0 Å². The molecule has 3 N–H and O–H groups in total. The van der Waals surface area contributed by atoms with Crippen LogP contribution in [0.15, 0.2) is 35.1 Å². The molecule has 0 bridgehead atoms. The Morgan fingerprint density at radius 2 is 2.07 bits per heavy atom. The largest absolute Gasteiger partial charge is 0.508 e. The number of pyridine rings is 2. The van der Waals surface area contributed by atoms with Gasteiger partial charge in [-0.25, -0.2) is 4.98 Å². The van der Waals surface area contributed by atoms with Gasteiger partial charge >= 0.3 is 5.97 Å². The highest BCUT2D eigenvalue weighted by atomic mass is 16.4. The number of aliphatic hydroxyl groups is 1. The minimum atomic E-state index is -1.03. The van der Waals surface area contributed by atoms with Gasteiger partial charge in [-0.15, -0.1) is 0 Å². The molecule has 0 radical (unpaired) electrons. The fourth-order valence-electron chi connectivity index (χ4n) is 3.78. The average Bonchev–Trinajstić information content (AvgIpc) is 2.98. The molecule has 2 aromatic heterocycles. The third-order valence-electron chi connectivity index (χ3n) is 5.12. The summed E-state index contributed by atoms with van der Waals surface area (Å²) in [5.74, 6) is -1.77. The van der Waals surface area contributed by atoms with Crippen LogP contribution >= 0.6 is 0 Å². The second-order valence-electron chi connectivity index (χ2n) is 6.69. The van der Waals surface area contributed by atoms with E-state index in [1.807, 2.05) is 6.07 Å². The zero-order valence-electron chi connectivity index (χ0n) is 14.6. The van der Waals surface area contributed by atoms with Crippen LogP contribution in [0.4, 0.5) is 0 Å². The molecule has 7 nitrogen and oxygen atoms in total. The third-order valence-corrected chi connectivity index (χ3v) is 5.12. The Morgan fingerprint density at radius 3 is 2.74 bits per heavy atom. The number of aliphatic carboxylic acids is 1. The van der Waals surface area contributed by atoms with Crippen LogP contribution in [0.5, 0.6) is 5.75 Å². The van der Waals surface area contributed by atoms with Crippen molar-refractivity contribution in [1.82, 2.24) is 9.55 Å². The number of rotatable bonds is 4. The van der Waals surface area contributed by atoms with Crippen molar-refractivity contribution in [1.29, 1.82) is 0 Å². The fourth-order valence-corrected chi connectivity index (χ4v) is 3.78. The van der Waals surface area contributed by atoms with Crippen molar-refractivity contribution in [2.75, 3.05) is 0 Å². The first kappa shape index (κ1) is 17.2. The fraction of sp³-hybridized carbons (Fsp3) is 0.250. The molecule has 1 unspecified atom stereocenters. The molecule has 3 heterocycles. The van der Waals surface area contributed by atoms with Gasteiger partial charge < -0.3 is 19.9 Å². The smallest absolute Gasteiger partial charge is 0.310 e. The summed E-state index contributed by atoms with van der Waals surface area (Å²) in [7, 11) is 0. The van der Waals surface area contributed by atoms with E-state index in [2.05, 4.69) is 4.98 Å². The van der Waals surface area contributed by atoms with Crippen LogP contribution in [-0.4, -0.2) is 30.8 Å². The average molecular weight is 366 g/mol. The van der Waals surface area contributed by atoms with Gasteiger partial charge in [0.05, 0.1) is 36.0 Å². The molecule has 1 aromatic carbocycles. The highest BCUT2D eigenvalue weighted by molar-refractivity contribution is 5.85. The maximum Gasteiger partial charge on any atom is 0.310 e. The number of carboxylic acids is 1. The summed E-state index contributed by atoms with van der Waals surface area (Å²) in [4.78, 5) is 29.2. The zero-order chi connectivity index (χ0) is 19.3. The molecule has 0 amide bonds. The lowest BCUT2D eigenvalue weighted by Crippen LogP contribution is -2.27. The van der Waals surface area contributed by atoms with E-state index < -0.39 is 24.1 Å². The van der Waals surface area contributed by atoms with E-state index in [1.54, 1.807) is 31.2 Å². The van der Waals surface area contributed by atoms with Crippen LogP contribution in [0.2, 0.25) is 0 Å². The number of hydrogen-bond donors (Lipinski definition) is 3. The van der Waals surface area contributed by atoms with Gasteiger partial charge in [-0.2, -0.15) is 0 Å². The second-order valence-corrected chi connectivity index (χ2v) is 6.69. The van der Waals surface area contributed by atoms with Gasteiger partial charge in [-0.3, -0.25) is 9.59 Å². The van der Waals surface area contributed by atoms with Crippen molar-refractivity contribution in [3.05, 3.63) is 57.4 Å². The van der Waals surface area contributed by atoms with Gasteiger partial charge in [-0.1, -0.05) is 6.92 Å². The predicted octanol–water partition coefficient (Wildman–Crippen LogP) is 2.20. The molecule has 138 valence electrons. The van der Waals surface area contributed by atoms with Gasteiger partial charge in [0.15, 0.2) is 0 Å². The minimum Gasteiger partial charge on any atom is -0.508 e. The van der Waals surface area contributed by atoms with Crippen LogP contribution < -0.4 is 5.56 Å². The molecule has 27 heavy (non-hydrogen) atoms. The number of aromatic nitrogens is 2. The summed E-state index contributed by atoms with van der Waals surface area (Å²) in [6.07, 6.45) is 0.308. The Hall–Kier alpha value is -3.19. The van der Waals surface area contributed by atoms with E-state index in [9.17, 15) is 24.9 Å². The molecule has 3 aromatic rings. The molecule has 0 saturated heterocycles. The first-order valence-electron chi connectivity index (χ1n) is 8.67. The number of carbonyl (C=O) groups is 1. The summed E-state index contributed by atoms with van der Waals surface area (Å²) in [6, 6.07) is 8.38. The molecule has 7 heteroatoms. The van der Waals surface area contributed by atoms with E-state index in [-0.39, 0.29) is 11.3 Å². The number of carboxylic acid groups (broad SMARTS) is 1. The van der Waals surface area contributed by atoms with Gasteiger partial charge in [-0.05, 0) is 42.3 Å². The molecule has 1 aliphatic heterocycles. The SMILES string of the molecule is CCC(C(=O)O)c1cc2n(c(=O)c1CO)Cc1cc3cc(O)ccc3nc1-2. The lowest BCUT2D eigenvalue weighted by molar-refractivity contribution is -0.138. The summed E-state index contributed by atoms with van der Waals surface area (Å²) >= 11 is 0. The molecule has 1 aliphatic rings. The number of aliphatic hydroxyl groups excluding tert-OH is 1. The van der Waals surface area contributed by atoms with Crippen molar-refractivity contribution < 1.29 is 20.1 Å². The Morgan fingerprint density at radius 1 is 1.30 bits per heavy atom. The Bertz CT molecular complexity index is 1150. The van der Waals surface area contributed by atoms with Crippen LogP contribution in [0.3, 0.4) is 0 Å². The highest BCUT2D eigenvalue weighted by Gasteiger charge is 2.29. The second kappa shape index (κ2) is 6.21. The van der Waals surface area contributed by atoms with Crippen molar-refractivity contribution in [3.63, 3.8) is 0 Å². The summed E-state index contributed by atoms with van der Waals surface area (Å²) in [6.45, 7) is 1.51. The van der Waals surface area contributed by atoms with Crippen LogP contribution in [0.1, 0.15) is 36.0 Å². The van der Waals surface area contributed by atoms with Crippen LogP contribution in [0, 0.1) is 0 Å². The number of phenols is 1. The maximum atomic E-state index is 12.9. The minimum absolute atomic E-state index is 0.114. The summed E-state index contributed by atoms with van der Waals surface area (Å²) in [5, 5.41) is 29.7. The van der Waals surface area contributed by atoms with Gasteiger partial charge in [0.1, 0.15) is 5.75 Å². The Labute approximate surface area is 154 Å². The maximum absolute atomic E-state index is 12.9. The first-order chi connectivity index (χ1) is 12.9. The van der Waals surface area contributed by atoms with E-state index in [0.717, 1.165) is 10.9 Å². The van der Waals surface area contributed by atoms with E-state index in [4.69, 9.17) is 0 Å². The number of aromatic hydroxyl groups is 1. The van der Waals surface area contributed by atoms with Gasteiger partial charge in [0.2, 0.25) is 0 Å². The van der Waals surface area contributed by atoms with Crippen LogP contribution in [-0.2, 0) is 17.9 Å². The van der Waals surface area contributed by atoms with Gasteiger partial charge in [0, 0.05) is 16.5 Å². The van der Waals surface area contributed by atoms with Crippen molar-refractivity contribution in [2.24, 2.45) is 0 Å². The normalized spacial score (nSPS) is 13.4. The topological polar surface area (TPSA) is 113 Å². The number of fused-ring (bicyclic) bond motifs is 4. The quantitative estimate of drug-likeness (QED) is 0.510. The summed E-state index contributed by atoms with van der Waals surface area (Å²) < 4.78 is 1.51. The number of phenolic OH excluding ortho intramolecular Hbond substituents is 1. The van der Waals surface area contributed by atoms with Crippen molar-refractivity contribution in [2.45, 2.75) is 32.4 Å². The molecule has 4 rings (SSSR count). The molecule has 0 saturated carbocycles. The van der Waals surface area contributed by atoms with Crippen LogP contribution in [0.25, 0.3) is 22.3 Å². The molecule has 0 aliphatic carbocycles. The highest BCUT2D eigenvalue weighted by Crippen LogP contribution is 2.35. The van der Waals surface area contributed by atoms with E-state index in [1.165, 1.54) is 4.57 Å². The van der Waals surface area contributed by atoms with Crippen molar-refractivity contribution in [3.8, 4) is 17.1 Å². The number of hydrogen-bond acceptors (Lipinski definition) is 5. The standard InChI is InChI=1S/C20H18N2O5/c1-2-13(20(26)27)14-7-17-18-11(8-22(17)19(25)15(14)9-23)5-10-6-12(24)3-4-16(10)21-18/h3-7,13,23-24H,2,8-9H2,1H3,(H,26,27). The van der Waals surface area contributed by atoms with E-state index in [0.29, 0.717) is 35.4 Å². The summed E-state index contributed by atoms with van der Waals surface area (Å²) in [5.41, 5.74) is 2.72. The molecule has 0 spiro atoms. The van der Waals surface area contributed by atoms with Crippen molar-refractivity contribution >= 4 is 16.9 Å². The predicted molar refractivity (Wildman–Crippen MR) is 98.8 cm³/mol. The lowest BCUT2D eigenvalue weighted by atomic mass is 9.92. The first-order valence-corrected chi connectivity index (χ1v) is 8.67. The zero-order valence-corrected chi connectivity index (χ0v) is 14.6. The molecular formula is C20H18N2O5. The monoisotopic (exact) mass is 366 g/mol. The molecule has 0 fully saturated rings.